The Labute approximate surface area is 135 Å². The first-order chi connectivity index (χ1) is 10.1. The number of hydrogen-bond donors (Lipinski definition) is 1. The maximum atomic E-state index is 11.9. The van der Waals surface area contributed by atoms with Gasteiger partial charge in [0.15, 0.2) is 0 Å². The number of anilines is 1. The summed E-state index contributed by atoms with van der Waals surface area (Å²) in [5.41, 5.74) is 0.511. The number of halogens is 2. The zero-order valence-corrected chi connectivity index (χ0v) is 13.1. The minimum Gasteiger partial charge on any atom is -0.324 e. The Morgan fingerprint density at radius 1 is 1.48 bits per heavy atom. The number of benzene rings is 1. The van der Waals surface area contributed by atoms with Gasteiger partial charge in [-0.05, 0) is 28.6 Å². The van der Waals surface area contributed by atoms with Crippen molar-refractivity contribution in [2.45, 2.75) is 11.7 Å². The predicted molar refractivity (Wildman–Crippen MR) is 83.8 cm³/mol. The molecule has 0 fully saturated rings. The van der Waals surface area contributed by atoms with Gasteiger partial charge in [0.1, 0.15) is 0 Å². The monoisotopic (exact) mass is 343 g/mol. The summed E-state index contributed by atoms with van der Waals surface area (Å²) < 4.78 is 1.56. The molecule has 0 bridgehead atoms. The summed E-state index contributed by atoms with van der Waals surface area (Å²) in [6.45, 7) is 4.10. The van der Waals surface area contributed by atoms with Gasteiger partial charge in [-0.15, -0.1) is 11.7 Å². The highest BCUT2D eigenvalue weighted by Crippen LogP contribution is 2.25. The number of nitrogens with zero attached hydrogens (tertiary/aromatic N) is 4. The van der Waals surface area contributed by atoms with Crippen molar-refractivity contribution in [3.05, 3.63) is 40.9 Å². The molecule has 0 aliphatic carbocycles. The number of amides is 1. The van der Waals surface area contributed by atoms with Crippen LogP contribution < -0.4 is 5.32 Å². The lowest BCUT2D eigenvalue weighted by Crippen LogP contribution is -2.15. The number of carbonyl (C=O) groups excluding carboxylic acids is 1. The van der Waals surface area contributed by atoms with Crippen molar-refractivity contribution >= 4 is 46.6 Å². The number of thioether (sulfide) groups is 1. The SMILES string of the molecule is C=CCn1nnnc1SCC(=O)Nc1ccc(Cl)cc1Cl. The van der Waals surface area contributed by atoms with E-state index in [1.165, 1.54) is 11.8 Å². The first-order valence-electron chi connectivity index (χ1n) is 5.85. The topological polar surface area (TPSA) is 72.7 Å². The summed E-state index contributed by atoms with van der Waals surface area (Å²) in [5.74, 6) is -0.0476. The summed E-state index contributed by atoms with van der Waals surface area (Å²) in [5, 5.41) is 15.3. The van der Waals surface area contributed by atoms with Crippen LogP contribution in [0.3, 0.4) is 0 Å². The van der Waals surface area contributed by atoms with Crippen LogP contribution in [-0.2, 0) is 11.3 Å². The lowest BCUT2D eigenvalue weighted by molar-refractivity contribution is -0.113. The molecule has 0 saturated heterocycles. The van der Waals surface area contributed by atoms with Crippen LogP contribution in [0.4, 0.5) is 5.69 Å². The Balaban J connectivity index is 1.92. The van der Waals surface area contributed by atoms with Crippen LogP contribution in [0.5, 0.6) is 0 Å². The Bertz CT molecular complexity index is 661. The summed E-state index contributed by atoms with van der Waals surface area (Å²) in [7, 11) is 0. The van der Waals surface area contributed by atoms with E-state index in [0.717, 1.165) is 0 Å². The minimum atomic E-state index is -0.211. The molecular weight excluding hydrogens is 333 g/mol. The van der Waals surface area contributed by atoms with Gasteiger partial charge in [0.05, 0.1) is 23.0 Å². The number of aromatic nitrogens is 4. The molecule has 2 rings (SSSR count). The van der Waals surface area contributed by atoms with E-state index in [9.17, 15) is 4.79 Å². The molecule has 2 aromatic rings. The average Bonchev–Trinajstić information content (AvgIpc) is 2.88. The molecule has 0 aliphatic heterocycles. The molecule has 110 valence electrons. The van der Waals surface area contributed by atoms with E-state index in [1.54, 1.807) is 29.0 Å². The molecular formula is C12H11Cl2N5OS. The molecule has 1 heterocycles. The molecule has 0 aliphatic rings. The maximum absolute atomic E-state index is 11.9. The lowest BCUT2D eigenvalue weighted by atomic mass is 10.3. The van der Waals surface area contributed by atoms with Crippen molar-refractivity contribution < 1.29 is 4.79 Å². The molecule has 0 spiro atoms. The summed E-state index contributed by atoms with van der Waals surface area (Å²) >= 11 is 13.0. The van der Waals surface area contributed by atoms with Gasteiger partial charge < -0.3 is 5.32 Å². The normalized spacial score (nSPS) is 10.4. The second-order valence-corrected chi connectivity index (χ2v) is 5.68. The summed E-state index contributed by atoms with van der Waals surface area (Å²) in [6, 6.07) is 4.87. The summed E-state index contributed by atoms with van der Waals surface area (Å²) in [6.07, 6.45) is 1.67. The molecule has 9 heteroatoms. The molecule has 0 unspecified atom stereocenters. The minimum absolute atomic E-state index is 0.163. The van der Waals surface area contributed by atoms with Gasteiger partial charge in [-0.2, -0.15) is 0 Å². The van der Waals surface area contributed by atoms with Crippen LogP contribution in [0.15, 0.2) is 36.0 Å². The third-order valence-electron chi connectivity index (χ3n) is 2.34. The van der Waals surface area contributed by atoms with Crippen molar-refractivity contribution in [3.8, 4) is 0 Å². The molecule has 0 radical (unpaired) electrons. The van der Waals surface area contributed by atoms with Gasteiger partial charge in [0.2, 0.25) is 11.1 Å². The number of hydrogen-bond acceptors (Lipinski definition) is 5. The largest absolute Gasteiger partial charge is 0.324 e. The third-order valence-corrected chi connectivity index (χ3v) is 3.84. The molecule has 1 amide bonds. The highest BCUT2D eigenvalue weighted by atomic mass is 35.5. The van der Waals surface area contributed by atoms with Gasteiger partial charge in [-0.25, -0.2) is 4.68 Å². The van der Waals surface area contributed by atoms with E-state index in [0.29, 0.717) is 27.4 Å². The standard InChI is InChI=1S/C12H11Cl2N5OS/c1-2-5-19-12(16-17-18-19)21-7-11(20)15-10-4-3-8(13)6-9(10)14/h2-4,6H,1,5,7H2,(H,15,20). The first-order valence-corrected chi connectivity index (χ1v) is 7.59. The second kappa shape index (κ2) is 7.44. The van der Waals surface area contributed by atoms with Gasteiger partial charge >= 0.3 is 0 Å². The molecule has 1 aromatic heterocycles. The fourth-order valence-corrected chi connectivity index (χ4v) is 2.59. The van der Waals surface area contributed by atoms with Crippen molar-refractivity contribution in [3.63, 3.8) is 0 Å². The van der Waals surface area contributed by atoms with Gasteiger partial charge in [0.25, 0.3) is 0 Å². The van der Waals surface area contributed by atoms with E-state index in [4.69, 9.17) is 23.2 Å². The second-order valence-electron chi connectivity index (χ2n) is 3.89. The van der Waals surface area contributed by atoms with Crippen LogP contribution in [0.2, 0.25) is 10.0 Å². The van der Waals surface area contributed by atoms with Crippen LogP contribution in [0, 0.1) is 0 Å². The van der Waals surface area contributed by atoms with Crippen molar-refractivity contribution in [2.24, 2.45) is 0 Å². The quantitative estimate of drug-likeness (QED) is 0.644. The highest BCUT2D eigenvalue weighted by Gasteiger charge is 2.10. The molecule has 1 aromatic carbocycles. The Morgan fingerprint density at radius 3 is 3.00 bits per heavy atom. The fourth-order valence-electron chi connectivity index (χ4n) is 1.44. The van der Waals surface area contributed by atoms with Crippen LogP contribution in [-0.4, -0.2) is 31.9 Å². The molecule has 0 atom stereocenters. The Hall–Kier alpha value is -1.57. The van der Waals surface area contributed by atoms with Crippen molar-refractivity contribution in [2.75, 3.05) is 11.1 Å². The first kappa shape index (κ1) is 15.8. The van der Waals surface area contributed by atoms with E-state index in [-0.39, 0.29) is 11.7 Å². The average molecular weight is 344 g/mol. The number of allylic oxidation sites excluding steroid dienone is 1. The third kappa shape index (κ3) is 4.45. The number of carbonyl (C=O) groups is 1. The number of nitrogens with one attached hydrogen (secondary N) is 1. The van der Waals surface area contributed by atoms with Crippen LogP contribution in [0.1, 0.15) is 0 Å². The number of tetrazole rings is 1. The van der Waals surface area contributed by atoms with E-state index in [1.807, 2.05) is 0 Å². The van der Waals surface area contributed by atoms with Gasteiger partial charge in [0, 0.05) is 5.02 Å². The van der Waals surface area contributed by atoms with Crippen molar-refractivity contribution in [1.29, 1.82) is 0 Å². The van der Waals surface area contributed by atoms with E-state index < -0.39 is 0 Å². The molecule has 21 heavy (non-hydrogen) atoms. The Kier molecular flexibility index (Phi) is 5.60. The summed E-state index contributed by atoms with van der Waals surface area (Å²) in [4.78, 5) is 11.9. The van der Waals surface area contributed by atoms with Gasteiger partial charge in [-0.1, -0.05) is 41.0 Å². The zero-order chi connectivity index (χ0) is 15.2. The van der Waals surface area contributed by atoms with Crippen LogP contribution in [0.25, 0.3) is 0 Å². The van der Waals surface area contributed by atoms with E-state index in [2.05, 4.69) is 27.4 Å². The smallest absolute Gasteiger partial charge is 0.234 e. The van der Waals surface area contributed by atoms with Crippen LogP contribution >= 0.6 is 35.0 Å². The zero-order valence-electron chi connectivity index (χ0n) is 10.8. The van der Waals surface area contributed by atoms with Gasteiger partial charge in [-0.3, -0.25) is 4.79 Å². The number of rotatable bonds is 6. The lowest BCUT2D eigenvalue weighted by Gasteiger charge is -2.07. The maximum Gasteiger partial charge on any atom is 0.234 e. The molecule has 0 saturated carbocycles. The highest BCUT2D eigenvalue weighted by molar-refractivity contribution is 7.99. The predicted octanol–water partition coefficient (Wildman–Crippen LogP) is 2.90. The fraction of sp³-hybridized carbons (Fsp3) is 0.167. The van der Waals surface area contributed by atoms with Crippen molar-refractivity contribution in [1.82, 2.24) is 20.2 Å². The molecule has 6 nitrogen and oxygen atoms in total. The van der Waals surface area contributed by atoms with E-state index >= 15 is 0 Å². The Morgan fingerprint density at radius 2 is 2.29 bits per heavy atom. The molecule has 1 N–H and O–H groups in total.